The normalized spacial score (nSPS) is 16.0. The summed E-state index contributed by atoms with van der Waals surface area (Å²) in [5.41, 5.74) is 1.35. The Morgan fingerprint density at radius 1 is 1.10 bits per heavy atom. The topological polar surface area (TPSA) is 60.8 Å². The van der Waals surface area contributed by atoms with Crippen LogP contribution in [-0.4, -0.2) is 24.2 Å². The maximum absolute atomic E-state index is 13.1. The first-order valence-corrected chi connectivity index (χ1v) is 9.92. The van der Waals surface area contributed by atoms with Crippen molar-refractivity contribution in [2.45, 2.75) is 19.0 Å². The van der Waals surface area contributed by atoms with Crippen LogP contribution >= 0.6 is 11.3 Å². The lowest BCUT2D eigenvalue weighted by atomic mass is 9.90. The smallest absolute Gasteiger partial charge is 0.387 e. The molecule has 1 aromatic heterocycles. The van der Waals surface area contributed by atoms with Crippen LogP contribution in [0.1, 0.15) is 22.8 Å². The van der Waals surface area contributed by atoms with E-state index < -0.39 is 12.5 Å². The van der Waals surface area contributed by atoms with Gasteiger partial charge in [-0.05, 0) is 29.8 Å². The molecule has 30 heavy (non-hydrogen) atoms. The zero-order valence-electron chi connectivity index (χ0n) is 16.2. The lowest BCUT2D eigenvalue weighted by Crippen LogP contribution is -2.34. The molecule has 9 heteroatoms. The number of hydrogen-bond donors (Lipinski definition) is 0. The van der Waals surface area contributed by atoms with Gasteiger partial charge in [-0.25, -0.2) is 0 Å². The van der Waals surface area contributed by atoms with Crippen molar-refractivity contribution in [1.29, 1.82) is 0 Å². The van der Waals surface area contributed by atoms with Crippen LogP contribution in [0.25, 0.3) is 0 Å². The number of para-hydroxylation sites is 1. The van der Waals surface area contributed by atoms with Crippen molar-refractivity contribution in [1.82, 2.24) is 4.57 Å². The number of amides is 1. The number of benzene rings is 2. The van der Waals surface area contributed by atoms with Crippen LogP contribution in [0.2, 0.25) is 0 Å². The summed E-state index contributed by atoms with van der Waals surface area (Å²) < 4.78 is 36.4. The molecule has 2 heterocycles. The van der Waals surface area contributed by atoms with E-state index in [2.05, 4.69) is 4.74 Å². The fourth-order valence-electron chi connectivity index (χ4n) is 3.63. The summed E-state index contributed by atoms with van der Waals surface area (Å²) in [6.07, 6.45) is 0.125. The molecule has 4 rings (SSSR count). The summed E-state index contributed by atoms with van der Waals surface area (Å²) in [7, 11) is 2.98. The average Bonchev–Trinajstić information content (AvgIpc) is 3.02. The van der Waals surface area contributed by atoms with Crippen molar-refractivity contribution in [3.05, 3.63) is 68.6 Å². The zero-order chi connectivity index (χ0) is 21.4. The predicted molar refractivity (Wildman–Crippen MR) is 109 cm³/mol. The van der Waals surface area contributed by atoms with Crippen LogP contribution in [0.5, 0.6) is 11.5 Å². The highest BCUT2D eigenvalue weighted by Gasteiger charge is 2.37. The number of carbonyl (C=O) groups excluding carboxylic acids is 1. The molecule has 0 saturated heterocycles. The number of nitrogens with zero attached hydrogens (tertiary/aromatic N) is 2. The molecule has 0 spiro atoms. The molecule has 0 unspecified atom stereocenters. The van der Waals surface area contributed by atoms with E-state index in [1.54, 1.807) is 24.1 Å². The number of fused-ring (bicyclic) bond motifs is 1. The summed E-state index contributed by atoms with van der Waals surface area (Å²) in [4.78, 5) is 27.7. The van der Waals surface area contributed by atoms with Crippen molar-refractivity contribution < 1.29 is 23.0 Å². The Balaban J connectivity index is 1.82. The Labute approximate surface area is 174 Å². The molecule has 0 N–H and O–H groups in total. The first kappa shape index (κ1) is 20.1. The molecule has 0 fully saturated rings. The van der Waals surface area contributed by atoms with Crippen molar-refractivity contribution in [2.24, 2.45) is 7.05 Å². The Hall–Kier alpha value is -3.20. The standard InChI is InChI=1S/C21H18F2N2O4S/c1-24-19-18(30-21(24)27)14(11-17(26)25(19)13-6-4-3-5-7-13)12-8-9-15(29-20(22)23)16(10-12)28-2/h3-10,14,20H,11H2,1-2H3/t14-/m0/s1. The zero-order valence-corrected chi connectivity index (χ0v) is 17.0. The molecule has 0 saturated carbocycles. The molecule has 1 amide bonds. The van der Waals surface area contributed by atoms with Gasteiger partial charge in [0.1, 0.15) is 5.82 Å². The maximum Gasteiger partial charge on any atom is 0.387 e. The van der Waals surface area contributed by atoms with Crippen molar-refractivity contribution in [2.75, 3.05) is 12.0 Å². The van der Waals surface area contributed by atoms with E-state index >= 15 is 0 Å². The van der Waals surface area contributed by atoms with E-state index in [9.17, 15) is 18.4 Å². The third-order valence-corrected chi connectivity index (χ3v) is 6.12. The third-order valence-electron chi connectivity index (χ3n) is 4.99. The molecule has 2 aromatic carbocycles. The molecular formula is C21H18F2N2O4S. The summed E-state index contributed by atoms with van der Waals surface area (Å²) >= 11 is 1.07. The Kier molecular flexibility index (Phi) is 5.29. The van der Waals surface area contributed by atoms with E-state index in [1.807, 2.05) is 30.3 Å². The molecule has 1 atom stereocenters. The van der Waals surface area contributed by atoms with Crippen molar-refractivity contribution >= 4 is 28.7 Å². The number of anilines is 2. The Morgan fingerprint density at radius 3 is 2.50 bits per heavy atom. The quantitative estimate of drug-likeness (QED) is 0.605. The SMILES string of the molecule is COc1cc([C@@H]2CC(=O)N(c3ccccc3)c3c2sc(=O)n3C)ccc1OC(F)F. The third kappa shape index (κ3) is 3.45. The molecule has 0 bridgehead atoms. The number of aromatic nitrogens is 1. The van der Waals surface area contributed by atoms with E-state index in [-0.39, 0.29) is 28.7 Å². The van der Waals surface area contributed by atoms with Crippen LogP contribution in [0.4, 0.5) is 20.3 Å². The van der Waals surface area contributed by atoms with Gasteiger partial charge in [-0.2, -0.15) is 8.78 Å². The van der Waals surface area contributed by atoms with Crippen molar-refractivity contribution in [3.63, 3.8) is 0 Å². The Bertz CT molecular complexity index is 1140. The van der Waals surface area contributed by atoms with Gasteiger partial charge >= 0.3 is 11.5 Å². The summed E-state index contributed by atoms with van der Waals surface area (Å²) in [5, 5.41) is 0. The van der Waals surface area contributed by atoms with Gasteiger partial charge in [-0.15, -0.1) is 0 Å². The second kappa shape index (κ2) is 7.91. The fraction of sp³-hybridized carbons (Fsp3) is 0.238. The van der Waals surface area contributed by atoms with Crippen molar-refractivity contribution in [3.8, 4) is 11.5 Å². The second-order valence-corrected chi connectivity index (χ2v) is 7.72. The van der Waals surface area contributed by atoms with Gasteiger partial charge in [-0.3, -0.25) is 19.1 Å². The van der Waals surface area contributed by atoms with Gasteiger partial charge in [0.25, 0.3) is 0 Å². The number of halogens is 2. The fourth-order valence-corrected chi connectivity index (χ4v) is 4.72. The number of methoxy groups -OCH3 is 1. The van der Waals surface area contributed by atoms with Crippen LogP contribution in [0, 0.1) is 0 Å². The lowest BCUT2D eigenvalue weighted by molar-refractivity contribution is -0.118. The first-order chi connectivity index (χ1) is 14.4. The molecule has 0 aliphatic carbocycles. The van der Waals surface area contributed by atoms with Gasteiger partial charge in [0, 0.05) is 19.4 Å². The predicted octanol–water partition coefficient (Wildman–Crippen LogP) is 4.26. The summed E-state index contributed by atoms with van der Waals surface area (Å²) in [6.45, 7) is -2.98. The van der Waals surface area contributed by atoms with E-state index in [0.29, 0.717) is 17.1 Å². The van der Waals surface area contributed by atoms with Crippen LogP contribution in [0.3, 0.4) is 0 Å². The molecular weight excluding hydrogens is 414 g/mol. The van der Waals surface area contributed by atoms with E-state index in [0.717, 1.165) is 16.2 Å². The van der Waals surface area contributed by atoms with Gasteiger partial charge in [0.15, 0.2) is 11.5 Å². The second-order valence-electron chi connectivity index (χ2n) is 6.73. The monoisotopic (exact) mass is 432 g/mol. The largest absolute Gasteiger partial charge is 0.493 e. The number of thiazole rings is 1. The summed E-state index contributed by atoms with van der Waals surface area (Å²) in [5.74, 6) is -0.00880. The number of rotatable bonds is 5. The highest BCUT2D eigenvalue weighted by atomic mass is 32.1. The molecule has 3 aromatic rings. The highest BCUT2D eigenvalue weighted by Crippen LogP contribution is 2.45. The maximum atomic E-state index is 13.1. The number of alkyl halides is 2. The minimum atomic E-state index is -2.98. The molecule has 1 aliphatic heterocycles. The molecule has 6 nitrogen and oxygen atoms in total. The molecule has 1 aliphatic rings. The minimum Gasteiger partial charge on any atom is -0.493 e. The number of hydrogen-bond acceptors (Lipinski definition) is 5. The van der Waals surface area contributed by atoms with Crippen LogP contribution in [0.15, 0.2) is 53.3 Å². The van der Waals surface area contributed by atoms with Gasteiger partial charge in [0.2, 0.25) is 5.91 Å². The van der Waals surface area contributed by atoms with Crippen LogP contribution < -0.4 is 19.2 Å². The average molecular weight is 432 g/mol. The lowest BCUT2D eigenvalue weighted by Gasteiger charge is -2.32. The summed E-state index contributed by atoms with van der Waals surface area (Å²) in [6, 6.07) is 13.7. The highest BCUT2D eigenvalue weighted by molar-refractivity contribution is 7.10. The molecule has 0 radical (unpaired) electrons. The van der Waals surface area contributed by atoms with E-state index in [1.165, 1.54) is 17.7 Å². The van der Waals surface area contributed by atoms with Crippen LogP contribution in [-0.2, 0) is 11.8 Å². The van der Waals surface area contributed by atoms with Gasteiger partial charge in [0.05, 0.1) is 17.7 Å². The minimum absolute atomic E-state index is 0.0919. The molecule has 156 valence electrons. The van der Waals surface area contributed by atoms with Gasteiger partial charge < -0.3 is 9.47 Å². The Morgan fingerprint density at radius 2 is 1.83 bits per heavy atom. The van der Waals surface area contributed by atoms with E-state index in [4.69, 9.17) is 4.74 Å². The number of ether oxygens (including phenoxy) is 2. The number of carbonyl (C=O) groups is 1. The van der Waals surface area contributed by atoms with Gasteiger partial charge in [-0.1, -0.05) is 35.6 Å². The first-order valence-electron chi connectivity index (χ1n) is 9.11.